The van der Waals surface area contributed by atoms with Crippen LogP contribution in [0.4, 0.5) is 16.4 Å². The molecule has 14 heavy (non-hydrogen) atoms. The van der Waals surface area contributed by atoms with Gasteiger partial charge in [0, 0.05) is 10.8 Å². The fourth-order valence-corrected chi connectivity index (χ4v) is 1.98. The van der Waals surface area contributed by atoms with E-state index >= 15 is 0 Å². The lowest BCUT2D eigenvalue weighted by atomic mass is 10.6. The van der Waals surface area contributed by atoms with Crippen LogP contribution in [-0.4, -0.2) is 21.2 Å². The first-order chi connectivity index (χ1) is 6.79. The highest BCUT2D eigenvalue weighted by Crippen LogP contribution is 2.24. The van der Waals surface area contributed by atoms with E-state index in [0.29, 0.717) is 11.6 Å². The summed E-state index contributed by atoms with van der Waals surface area (Å²) in [5.41, 5.74) is 3.16. The minimum absolute atomic E-state index is 0.383. The Morgan fingerprint density at radius 3 is 2.00 bits per heavy atom. The van der Waals surface area contributed by atoms with Crippen molar-refractivity contribution in [2.24, 2.45) is 0 Å². The Bertz CT molecular complexity index is 378. The zero-order valence-electron chi connectivity index (χ0n) is 6.82. The van der Waals surface area contributed by atoms with Crippen molar-refractivity contribution < 1.29 is 9.90 Å². The van der Waals surface area contributed by atoms with Crippen LogP contribution in [0.5, 0.6) is 0 Å². The molecule has 2 rings (SSSR count). The lowest BCUT2D eigenvalue weighted by Gasteiger charge is -2.12. The first-order valence-electron chi connectivity index (χ1n) is 3.58. The first-order valence-corrected chi connectivity index (χ1v) is 5.47. The molecule has 0 saturated heterocycles. The molecule has 0 atom stereocenters. The van der Waals surface area contributed by atoms with Crippen molar-refractivity contribution in [1.29, 1.82) is 0 Å². The SMILES string of the molecule is O=C(O)N(c1cscn1)c1cscn1. The average molecular weight is 227 g/mol. The Hall–Kier alpha value is -1.47. The second-order valence-electron chi connectivity index (χ2n) is 2.31. The molecule has 0 radical (unpaired) electrons. The fourth-order valence-electron chi connectivity index (χ4n) is 0.947. The zero-order valence-corrected chi connectivity index (χ0v) is 8.46. The Kier molecular flexibility index (Phi) is 2.42. The summed E-state index contributed by atoms with van der Waals surface area (Å²) in [5.74, 6) is 0.766. The van der Waals surface area contributed by atoms with Gasteiger partial charge in [0.25, 0.3) is 0 Å². The van der Waals surface area contributed by atoms with Gasteiger partial charge >= 0.3 is 6.09 Å². The van der Waals surface area contributed by atoms with Crippen molar-refractivity contribution in [3.8, 4) is 0 Å². The fraction of sp³-hybridized carbons (Fsp3) is 0. The molecule has 1 amide bonds. The molecule has 0 aliphatic heterocycles. The number of rotatable bonds is 2. The largest absolute Gasteiger partial charge is 0.464 e. The molecule has 0 aliphatic carbocycles. The maximum atomic E-state index is 11.0. The number of hydrogen-bond acceptors (Lipinski definition) is 5. The summed E-state index contributed by atoms with van der Waals surface area (Å²) in [5, 5.41) is 12.3. The topological polar surface area (TPSA) is 66.3 Å². The molecule has 0 spiro atoms. The van der Waals surface area contributed by atoms with Gasteiger partial charge in [0.05, 0.1) is 11.0 Å². The van der Waals surface area contributed by atoms with E-state index in [9.17, 15) is 4.79 Å². The highest BCUT2D eigenvalue weighted by molar-refractivity contribution is 7.08. The molecule has 0 aromatic carbocycles. The van der Waals surface area contributed by atoms with Gasteiger partial charge < -0.3 is 5.11 Å². The molecule has 0 unspecified atom stereocenters. The van der Waals surface area contributed by atoms with Gasteiger partial charge in [-0.05, 0) is 0 Å². The Morgan fingerprint density at radius 2 is 1.71 bits per heavy atom. The molecule has 0 saturated carbocycles. The highest BCUT2D eigenvalue weighted by Gasteiger charge is 2.19. The molecule has 72 valence electrons. The third-order valence-electron chi connectivity index (χ3n) is 1.49. The van der Waals surface area contributed by atoms with Crippen molar-refractivity contribution >= 4 is 40.4 Å². The third-order valence-corrected chi connectivity index (χ3v) is 2.64. The third kappa shape index (κ3) is 1.59. The van der Waals surface area contributed by atoms with Gasteiger partial charge in [0.15, 0.2) is 11.6 Å². The molecule has 2 aromatic rings. The van der Waals surface area contributed by atoms with Gasteiger partial charge in [-0.2, -0.15) is 0 Å². The van der Waals surface area contributed by atoms with Crippen LogP contribution in [0.2, 0.25) is 0 Å². The van der Waals surface area contributed by atoms with Crippen LogP contribution in [-0.2, 0) is 0 Å². The number of nitrogens with zero attached hydrogens (tertiary/aromatic N) is 3. The number of thiazole rings is 2. The summed E-state index contributed by atoms with van der Waals surface area (Å²) in [6, 6.07) is 0. The quantitative estimate of drug-likeness (QED) is 0.855. The van der Waals surface area contributed by atoms with Crippen LogP contribution in [0.1, 0.15) is 0 Å². The lowest BCUT2D eigenvalue weighted by Crippen LogP contribution is -2.24. The molecular weight excluding hydrogens is 222 g/mol. The van der Waals surface area contributed by atoms with E-state index in [-0.39, 0.29) is 0 Å². The summed E-state index contributed by atoms with van der Waals surface area (Å²) >= 11 is 2.68. The standard InChI is InChI=1S/C7H5N3O2S2/c11-7(12)10(5-1-13-3-8-5)6-2-14-4-9-6/h1-4H,(H,11,12). The maximum Gasteiger partial charge on any atom is 0.419 e. The lowest BCUT2D eigenvalue weighted by molar-refractivity contribution is 0.204. The summed E-state index contributed by atoms with van der Waals surface area (Å²) in [6.45, 7) is 0. The molecule has 0 fully saturated rings. The molecule has 0 bridgehead atoms. The smallest absolute Gasteiger partial charge is 0.419 e. The number of carboxylic acid groups (broad SMARTS) is 1. The summed E-state index contributed by atoms with van der Waals surface area (Å²) in [4.78, 5) is 19.8. The zero-order chi connectivity index (χ0) is 9.97. The van der Waals surface area contributed by atoms with Gasteiger partial charge in [-0.15, -0.1) is 22.7 Å². The summed E-state index contributed by atoms with van der Waals surface area (Å²) < 4.78 is 0. The van der Waals surface area contributed by atoms with Crippen LogP contribution >= 0.6 is 22.7 Å². The van der Waals surface area contributed by atoms with E-state index in [4.69, 9.17) is 5.11 Å². The van der Waals surface area contributed by atoms with E-state index in [2.05, 4.69) is 9.97 Å². The summed E-state index contributed by atoms with van der Waals surface area (Å²) in [6.07, 6.45) is -1.08. The Labute approximate surface area is 87.3 Å². The van der Waals surface area contributed by atoms with Crippen molar-refractivity contribution in [2.45, 2.75) is 0 Å². The van der Waals surface area contributed by atoms with Gasteiger partial charge in [0.2, 0.25) is 0 Å². The van der Waals surface area contributed by atoms with Crippen molar-refractivity contribution in [2.75, 3.05) is 4.90 Å². The molecule has 2 heterocycles. The van der Waals surface area contributed by atoms with E-state index in [1.54, 1.807) is 21.8 Å². The second kappa shape index (κ2) is 3.72. The number of hydrogen-bond donors (Lipinski definition) is 1. The Balaban J connectivity index is 2.40. The second-order valence-corrected chi connectivity index (χ2v) is 3.75. The minimum Gasteiger partial charge on any atom is -0.464 e. The van der Waals surface area contributed by atoms with Gasteiger partial charge in [-0.25, -0.2) is 19.7 Å². The van der Waals surface area contributed by atoms with Crippen LogP contribution in [0.25, 0.3) is 0 Å². The number of amides is 1. The van der Waals surface area contributed by atoms with E-state index in [1.807, 2.05) is 0 Å². The maximum absolute atomic E-state index is 11.0. The van der Waals surface area contributed by atoms with Crippen LogP contribution in [0, 0.1) is 0 Å². The van der Waals surface area contributed by atoms with E-state index in [1.165, 1.54) is 22.7 Å². The predicted octanol–water partition coefficient (Wildman–Crippen LogP) is 2.42. The van der Waals surface area contributed by atoms with Crippen LogP contribution in [0.3, 0.4) is 0 Å². The van der Waals surface area contributed by atoms with Crippen molar-refractivity contribution in [3.05, 3.63) is 21.8 Å². The first kappa shape index (κ1) is 9.10. The monoisotopic (exact) mass is 227 g/mol. The molecular formula is C7H5N3O2S2. The molecule has 7 heteroatoms. The normalized spacial score (nSPS) is 10.0. The van der Waals surface area contributed by atoms with Crippen molar-refractivity contribution in [3.63, 3.8) is 0 Å². The molecule has 1 N–H and O–H groups in total. The molecule has 0 aliphatic rings. The van der Waals surface area contributed by atoms with Crippen LogP contribution < -0.4 is 4.90 Å². The van der Waals surface area contributed by atoms with Gasteiger partial charge in [-0.3, -0.25) is 0 Å². The number of anilines is 2. The van der Waals surface area contributed by atoms with E-state index in [0.717, 1.165) is 4.90 Å². The summed E-state index contributed by atoms with van der Waals surface area (Å²) in [7, 11) is 0. The van der Waals surface area contributed by atoms with Gasteiger partial charge in [0.1, 0.15) is 0 Å². The molecule has 2 aromatic heterocycles. The predicted molar refractivity (Wildman–Crippen MR) is 54.4 cm³/mol. The highest BCUT2D eigenvalue weighted by atomic mass is 32.1. The Morgan fingerprint density at radius 1 is 1.21 bits per heavy atom. The molecule has 5 nitrogen and oxygen atoms in total. The number of aromatic nitrogens is 2. The average Bonchev–Trinajstić information content (AvgIpc) is 2.75. The van der Waals surface area contributed by atoms with E-state index < -0.39 is 6.09 Å². The van der Waals surface area contributed by atoms with Crippen molar-refractivity contribution in [1.82, 2.24) is 9.97 Å². The van der Waals surface area contributed by atoms with Gasteiger partial charge in [-0.1, -0.05) is 0 Å². The minimum atomic E-state index is -1.08. The van der Waals surface area contributed by atoms with Crippen LogP contribution in [0.15, 0.2) is 21.8 Å². The number of carbonyl (C=O) groups is 1.